The lowest BCUT2D eigenvalue weighted by atomic mass is 9.81. The summed E-state index contributed by atoms with van der Waals surface area (Å²) in [6.07, 6.45) is 9.80. The molecule has 3 aromatic rings. The van der Waals surface area contributed by atoms with Crippen LogP contribution in [0.1, 0.15) is 62.4 Å². The third-order valence-electron chi connectivity index (χ3n) is 7.21. The summed E-state index contributed by atoms with van der Waals surface area (Å²) in [5, 5.41) is 15.0. The zero-order chi connectivity index (χ0) is 25.9. The topological polar surface area (TPSA) is 139 Å². The molecule has 2 fully saturated rings. The molecule has 0 radical (unpaired) electrons. The first kappa shape index (κ1) is 25.4. The van der Waals surface area contributed by atoms with Crippen molar-refractivity contribution in [3.8, 4) is 0 Å². The molecule has 0 aromatic carbocycles. The van der Waals surface area contributed by atoms with E-state index in [0.29, 0.717) is 52.9 Å². The number of aromatic nitrogens is 4. The zero-order valence-electron chi connectivity index (χ0n) is 20.9. The van der Waals surface area contributed by atoms with Crippen molar-refractivity contribution in [1.29, 1.82) is 0 Å². The number of nitrogens with one attached hydrogen (secondary N) is 3. The minimum Gasteiger partial charge on any atom is -0.379 e. The van der Waals surface area contributed by atoms with E-state index in [1.54, 1.807) is 16.6 Å². The molecular formula is C26H33ClN8O2. The summed E-state index contributed by atoms with van der Waals surface area (Å²) in [7, 11) is 0. The maximum absolute atomic E-state index is 13.1. The summed E-state index contributed by atoms with van der Waals surface area (Å²) >= 11 is 5.96. The number of imidazole rings is 1. The highest BCUT2D eigenvalue weighted by atomic mass is 35.5. The van der Waals surface area contributed by atoms with E-state index in [0.717, 1.165) is 44.2 Å². The predicted octanol–water partition coefficient (Wildman–Crippen LogP) is 4.13. The summed E-state index contributed by atoms with van der Waals surface area (Å²) in [6, 6.07) is 5.90. The number of anilines is 3. The molecule has 11 heteroatoms. The molecule has 37 heavy (non-hydrogen) atoms. The number of nitrogens with zero attached hydrogens (tertiary/aromatic N) is 4. The number of hydrogen-bond donors (Lipinski definition) is 4. The van der Waals surface area contributed by atoms with Crippen molar-refractivity contribution in [2.75, 3.05) is 22.5 Å². The minimum absolute atomic E-state index is 0.0683. The Kier molecular flexibility index (Phi) is 7.57. The number of amides is 1. The van der Waals surface area contributed by atoms with Crippen molar-refractivity contribution >= 4 is 46.1 Å². The van der Waals surface area contributed by atoms with Crippen molar-refractivity contribution in [1.82, 2.24) is 19.6 Å². The van der Waals surface area contributed by atoms with Gasteiger partial charge in [0.15, 0.2) is 11.3 Å². The first-order valence-corrected chi connectivity index (χ1v) is 13.3. The summed E-state index contributed by atoms with van der Waals surface area (Å²) in [6.45, 7) is 2.31. The lowest BCUT2D eigenvalue weighted by molar-refractivity contribution is -0.123. The SMILES string of the molecule is C[C@@H](CN)C(=O)CC1CCC(Nc2cc(NC3CC3)c3ncc(C(=O)Nc4ccnc(Cl)c4)n3n2)CC1. The molecule has 0 spiro atoms. The summed E-state index contributed by atoms with van der Waals surface area (Å²) < 4.78 is 1.59. The molecule has 2 saturated carbocycles. The van der Waals surface area contributed by atoms with Crippen molar-refractivity contribution in [2.24, 2.45) is 17.6 Å². The Hall–Kier alpha value is -3.24. The zero-order valence-corrected chi connectivity index (χ0v) is 21.7. The average Bonchev–Trinajstić information content (AvgIpc) is 3.59. The van der Waals surface area contributed by atoms with Gasteiger partial charge < -0.3 is 21.7 Å². The van der Waals surface area contributed by atoms with Gasteiger partial charge in [0, 0.05) is 48.9 Å². The number of Topliss-reactive ketones (excluding diaryl/α,β-unsaturated/α-hetero) is 1. The highest BCUT2D eigenvalue weighted by molar-refractivity contribution is 6.29. The Labute approximate surface area is 220 Å². The van der Waals surface area contributed by atoms with Gasteiger partial charge in [-0.1, -0.05) is 18.5 Å². The first-order chi connectivity index (χ1) is 17.9. The fourth-order valence-corrected chi connectivity index (χ4v) is 4.93. The Morgan fingerprint density at radius 3 is 2.54 bits per heavy atom. The molecule has 0 unspecified atom stereocenters. The number of halogens is 1. The monoisotopic (exact) mass is 524 g/mol. The molecule has 0 aliphatic heterocycles. The second-order valence-corrected chi connectivity index (χ2v) is 10.6. The van der Waals surface area contributed by atoms with Crippen LogP contribution in [-0.2, 0) is 4.79 Å². The van der Waals surface area contributed by atoms with Crippen molar-refractivity contribution in [3.63, 3.8) is 0 Å². The van der Waals surface area contributed by atoms with Gasteiger partial charge in [0.25, 0.3) is 5.91 Å². The summed E-state index contributed by atoms with van der Waals surface area (Å²) in [5.41, 5.74) is 7.97. The standard InChI is InChI=1S/C26H33ClN8O2/c1-15(13-28)22(36)10-16-2-4-18(5-3-16)32-24-12-20(31-17-6-7-17)25-30-14-21(35(25)34-24)26(37)33-19-8-9-29-23(27)11-19/h8-9,11-12,14-18,31H,2-7,10,13,28H2,1H3,(H,32,34)(H,29,33,37)/t15-,16?,18?/m0/s1. The van der Waals surface area contributed by atoms with Crippen LogP contribution in [0.5, 0.6) is 0 Å². The van der Waals surface area contributed by atoms with Gasteiger partial charge in [-0.2, -0.15) is 0 Å². The van der Waals surface area contributed by atoms with E-state index >= 15 is 0 Å². The number of nitrogens with two attached hydrogens (primary N) is 1. The molecule has 2 aliphatic rings. The second-order valence-electron chi connectivity index (χ2n) is 10.2. The van der Waals surface area contributed by atoms with Gasteiger partial charge in [0.05, 0.1) is 11.9 Å². The van der Waals surface area contributed by atoms with Crippen LogP contribution in [0.3, 0.4) is 0 Å². The number of carbonyl (C=O) groups is 2. The van der Waals surface area contributed by atoms with Gasteiger partial charge >= 0.3 is 0 Å². The van der Waals surface area contributed by atoms with Crippen LogP contribution >= 0.6 is 11.6 Å². The molecular weight excluding hydrogens is 492 g/mol. The molecule has 5 rings (SSSR count). The van der Waals surface area contributed by atoms with Crippen molar-refractivity contribution in [2.45, 2.75) is 64.0 Å². The first-order valence-electron chi connectivity index (χ1n) is 13.0. The van der Waals surface area contributed by atoms with Crippen molar-refractivity contribution in [3.05, 3.63) is 41.4 Å². The van der Waals surface area contributed by atoms with E-state index in [1.807, 2.05) is 13.0 Å². The number of hydrogen-bond acceptors (Lipinski definition) is 8. The van der Waals surface area contributed by atoms with E-state index in [4.69, 9.17) is 22.4 Å². The van der Waals surface area contributed by atoms with Crippen molar-refractivity contribution < 1.29 is 9.59 Å². The minimum atomic E-state index is -0.339. The molecule has 5 N–H and O–H groups in total. The lowest BCUT2D eigenvalue weighted by Crippen LogP contribution is -2.29. The van der Waals surface area contributed by atoms with Crippen LogP contribution in [0.4, 0.5) is 17.2 Å². The normalized spacial score (nSPS) is 20.4. The van der Waals surface area contributed by atoms with Gasteiger partial charge in [0.2, 0.25) is 0 Å². The smallest absolute Gasteiger partial charge is 0.276 e. The Balaban J connectivity index is 1.31. The van der Waals surface area contributed by atoms with Gasteiger partial charge in [-0.3, -0.25) is 9.59 Å². The number of fused-ring (bicyclic) bond motifs is 1. The third-order valence-corrected chi connectivity index (χ3v) is 7.42. The number of pyridine rings is 1. The van der Waals surface area contributed by atoms with Gasteiger partial charge in [-0.25, -0.2) is 14.5 Å². The predicted molar refractivity (Wildman–Crippen MR) is 144 cm³/mol. The lowest BCUT2D eigenvalue weighted by Gasteiger charge is -2.29. The maximum atomic E-state index is 13.1. The fourth-order valence-electron chi connectivity index (χ4n) is 4.76. The molecule has 0 bridgehead atoms. The molecule has 0 saturated heterocycles. The van der Waals surface area contributed by atoms with Crippen LogP contribution < -0.4 is 21.7 Å². The highest BCUT2D eigenvalue weighted by Gasteiger charge is 2.27. The largest absolute Gasteiger partial charge is 0.379 e. The van der Waals surface area contributed by atoms with Crippen LogP contribution in [0.2, 0.25) is 5.15 Å². The number of carbonyl (C=O) groups excluding carboxylic acids is 2. The third kappa shape index (κ3) is 6.19. The molecule has 3 heterocycles. The average molecular weight is 525 g/mol. The Bertz CT molecular complexity index is 1280. The highest BCUT2D eigenvalue weighted by Crippen LogP contribution is 2.32. The maximum Gasteiger partial charge on any atom is 0.276 e. The Morgan fingerprint density at radius 1 is 1.11 bits per heavy atom. The Morgan fingerprint density at radius 2 is 1.84 bits per heavy atom. The van der Waals surface area contributed by atoms with Crippen LogP contribution in [-0.4, -0.2) is 49.9 Å². The molecule has 2 aliphatic carbocycles. The number of ketones is 1. The summed E-state index contributed by atoms with van der Waals surface area (Å²) in [5.74, 6) is 0.954. The van der Waals surface area contributed by atoms with Gasteiger partial charge in [-0.05, 0) is 56.6 Å². The quantitative estimate of drug-likeness (QED) is 0.290. The van der Waals surface area contributed by atoms with E-state index in [1.165, 1.54) is 12.4 Å². The fraction of sp³-hybridized carbons (Fsp3) is 0.500. The van der Waals surface area contributed by atoms with Gasteiger partial charge in [0.1, 0.15) is 16.8 Å². The van der Waals surface area contributed by atoms with E-state index in [2.05, 4.69) is 25.9 Å². The van der Waals surface area contributed by atoms with Crippen LogP contribution in [0.25, 0.3) is 5.65 Å². The van der Waals surface area contributed by atoms with E-state index in [-0.39, 0.29) is 23.7 Å². The molecule has 10 nitrogen and oxygen atoms in total. The van der Waals surface area contributed by atoms with Crippen LogP contribution in [0.15, 0.2) is 30.6 Å². The van der Waals surface area contributed by atoms with Crippen LogP contribution in [0, 0.1) is 11.8 Å². The van der Waals surface area contributed by atoms with E-state index in [9.17, 15) is 9.59 Å². The van der Waals surface area contributed by atoms with Gasteiger partial charge in [-0.15, -0.1) is 5.10 Å². The molecule has 1 amide bonds. The second kappa shape index (κ2) is 11.0. The number of rotatable bonds is 10. The molecule has 1 atom stereocenters. The van der Waals surface area contributed by atoms with E-state index < -0.39 is 0 Å². The summed E-state index contributed by atoms with van der Waals surface area (Å²) in [4.78, 5) is 33.8. The molecule has 3 aromatic heterocycles. The molecule has 196 valence electrons.